The van der Waals surface area contributed by atoms with Gasteiger partial charge in [0.05, 0.1) is 10.8 Å². The van der Waals surface area contributed by atoms with Crippen molar-refractivity contribution in [3.8, 4) is 0 Å². The van der Waals surface area contributed by atoms with E-state index in [1.54, 1.807) is 12.1 Å². The van der Waals surface area contributed by atoms with Gasteiger partial charge in [-0.2, -0.15) is 4.31 Å². The fourth-order valence-corrected chi connectivity index (χ4v) is 5.70. The van der Waals surface area contributed by atoms with Crippen LogP contribution in [0.15, 0.2) is 29.2 Å². The van der Waals surface area contributed by atoms with Gasteiger partial charge in [0.15, 0.2) is 0 Å². The van der Waals surface area contributed by atoms with Crippen LogP contribution >= 0.6 is 0 Å². The number of piperidine rings is 1. The van der Waals surface area contributed by atoms with Crippen LogP contribution in [0.1, 0.15) is 58.3 Å². The van der Waals surface area contributed by atoms with Crippen LogP contribution in [-0.2, 0) is 19.6 Å². The highest BCUT2D eigenvalue weighted by atomic mass is 32.2. The zero-order valence-corrected chi connectivity index (χ0v) is 17.8. The Bertz CT molecular complexity index is 815. The summed E-state index contributed by atoms with van der Waals surface area (Å²) in [5.74, 6) is -0.530. The van der Waals surface area contributed by atoms with Crippen molar-refractivity contribution in [3.63, 3.8) is 0 Å². The second-order valence-electron chi connectivity index (χ2n) is 8.10. The number of amides is 2. The molecule has 29 heavy (non-hydrogen) atoms. The van der Waals surface area contributed by atoms with Crippen LogP contribution in [0.2, 0.25) is 0 Å². The van der Waals surface area contributed by atoms with Gasteiger partial charge in [0.25, 0.3) is 0 Å². The lowest BCUT2D eigenvalue weighted by Crippen LogP contribution is -2.47. The Morgan fingerprint density at radius 3 is 2.24 bits per heavy atom. The minimum atomic E-state index is -3.67. The molecule has 1 aromatic rings. The van der Waals surface area contributed by atoms with E-state index in [-0.39, 0.29) is 35.2 Å². The van der Waals surface area contributed by atoms with Gasteiger partial charge in [-0.05, 0) is 49.9 Å². The molecule has 2 amide bonds. The molecule has 1 aromatic carbocycles. The Kier molecular flexibility index (Phi) is 7.29. The van der Waals surface area contributed by atoms with E-state index in [1.807, 2.05) is 0 Å². The maximum Gasteiger partial charge on any atom is 0.243 e. The van der Waals surface area contributed by atoms with E-state index in [0.29, 0.717) is 25.1 Å². The van der Waals surface area contributed by atoms with Crippen LogP contribution in [-0.4, -0.2) is 43.7 Å². The summed E-state index contributed by atoms with van der Waals surface area (Å²) in [5, 5.41) is 5.79. The van der Waals surface area contributed by atoms with Crippen molar-refractivity contribution < 1.29 is 18.0 Å². The molecule has 1 aliphatic carbocycles. The minimum absolute atomic E-state index is 0.0159. The smallest absolute Gasteiger partial charge is 0.243 e. The molecule has 7 nitrogen and oxygen atoms in total. The van der Waals surface area contributed by atoms with Gasteiger partial charge in [-0.3, -0.25) is 9.59 Å². The Hall–Kier alpha value is -1.93. The second-order valence-corrected chi connectivity index (χ2v) is 10.0. The Balaban J connectivity index is 1.64. The molecule has 1 atom stereocenters. The Morgan fingerprint density at radius 2 is 1.62 bits per heavy atom. The van der Waals surface area contributed by atoms with Crippen LogP contribution < -0.4 is 10.6 Å². The average Bonchev–Trinajstić information content (AvgIpc) is 2.97. The number of carbonyl (C=O) groups is 2. The number of carbonyl (C=O) groups excluding carboxylic acids is 2. The molecular weight excluding hydrogens is 390 g/mol. The summed E-state index contributed by atoms with van der Waals surface area (Å²) < 4.78 is 27.5. The second kappa shape index (κ2) is 9.71. The van der Waals surface area contributed by atoms with Crippen molar-refractivity contribution in [2.24, 2.45) is 5.92 Å². The number of nitrogens with zero attached hydrogens (tertiary/aromatic N) is 1. The fourth-order valence-electron chi connectivity index (χ4n) is 4.18. The maximum absolute atomic E-state index is 13.0. The van der Waals surface area contributed by atoms with Gasteiger partial charge >= 0.3 is 0 Å². The monoisotopic (exact) mass is 421 g/mol. The first-order chi connectivity index (χ1) is 13.9. The van der Waals surface area contributed by atoms with E-state index in [2.05, 4.69) is 10.6 Å². The lowest BCUT2D eigenvalue weighted by Gasteiger charge is -2.32. The van der Waals surface area contributed by atoms with Crippen LogP contribution in [0.3, 0.4) is 0 Å². The SMILES string of the molecule is CC(=O)Nc1ccc(S(=O)(=O)N2CCCC(C(=O)NC3CCCCCC3)C2)cc1. The summed E-state index contributed by atoms with van der Waals surface area (Å²) in [4.78, 5) is 24.1. The maximum atomic E-state index is 13.0. The van der Waals surface area contributed by atoms with Crippen molar-refractivity contribution in [3.05, 3.63) is 24.3 Å². The molecule has 0 radical (unpaired) electrons. The normalized spacial score (nSPS) is 21.9. The number of nitrogens with one attached hydrogen (secondary N) is 2. The van der Waals surface area contributed by atoms with E-state index < -0.39 is 10.0 Å². The van der Waals surface area contributed by atoms with Gasteiger partial charge in [-0.1, -0.05) is 25.7 Å². The molecule has 1 saturated heterocycles. The summed E-state index contributed by atoms with van der Waals surface area (Å²) in [6.07, 6.45) is 8.15. The highest BCUT2D eigenvalue weighted by Gasteiger charge is 2.34. The number of sulfonamides is 1. The number of benzene rings is 1. The third kappa shape index (κ3) is 5.79. The number of rotatable bonds is 5. The van der Waals surface area contributed by atoms with Gasteiger partial charge in [0.2, 0.25) is 21.8 Å². The summed E-state index contributed by atoms with van der Waals surface area (Å²) in [7, 11) is -3.67. The third-order valence-corrected chi connectivity index (χ3v) is 7.65. The largest absolute Gasteiger partial charge is 0.353 e. The van der Waals surface area contributed by atoms with E-state index in [4.69, 9.17) is 0 Å². The van der Waals surface area contributed by atoms with Crippen LogP contribution in [0.5, 0.6) is 0 Å². The molecule has 0 bridgehead atoms. The molecule has 1 heterocycles. The molecule has 160 valence electrons. The van der Waals surface area contributed by atoms with E-state index in [1.165, 1.54) is 36.2 Å². The van der Waals surface area contributed by atoms with Crippen molar-refractivity contribution >= 4 is 27.5 Å². The molecule has 1 aliphatic heterocycles. The minimum Gasteiger partial charge on any atom is -0.353 e. The van der Waals surface area contributed by atoms with Gasteiger partial charge in [0, 0.05) is 31.7 Å². The predicted octanol–water partition coefficient (Wildman–Crippen LogP) is 2.88. The van der Waals surface area contributed by atoms with Crippen molar-refractivity contribution in [1.82, 2.24) is 9.62 Å². The fraction of sp³-hybridized carbons (Fsp3) is 0.619. The van der Waals surface area contributed by atoms with Gasteiger partial charge in [-0.25, -0.2) is 8.42 Å². The number of hydrogen-bond acceptors (Lipinski definition) is 4. The summed E-state index contributed by atoms with van der Waals surface area (Å²) in [6.45, 7) is 2.04. The van der Waals surface area contributed by atoms with Gasteiger partial charge in [0.1, 0.15) is 0 Å². The first-order valence-corrected chi connectivity index (χ1v) is 12.0. The summed E-state index contributed by atoms with van der Waals surface area (Å²) in [5.41, 5.74) is 0.552. The van der Waals surface area contributed by atoms with Crippen LogP contribution in [0.25, 0.3) is 0 Å². The third-order valence-electron chi connectivity index (χ3n) is 5.77. The Morgan fingerprint density at radius 1 is 0.966 bits per heavy atom. The average molecular weight is 422 g/mol. The molecule has 2 aliphatic rings. The predicted molar refractivity (Wildman–Crippen MR) is 112 cm³/mol. The molecule has 3 rings (SSSR count). The van der Waals surface area contributed by atoms with Crippen molar-refractivity contribution in [2.45, 2.75) is 69.2 Å². The van der Waals surface area contributed by atoms with E-state index in [0.717, 1.165) is 25.7 Å². The highest BCUT2D eigenvalue weighted by Crippen LogP contribution is 2.25. The molecule has 2 fully saturated rings. The topological polar surface area (TPSA) is 95.6 Å². The Labute approximate surface area is 173 Å². The molecular formula is C21H31N3O4S. The lowest BCUT2D eigenvalue weighted by atomic mass is 9.97. The van der Waals surface area contributed by atoms with Crippen LogP contribution in [0, 0.1) is 5.92 Å². The first kappa shape index (κ1) is 21.8. The molecule has 1 unspecified atom stereocenters. The quantitative estimate of drug-likeness (QED) is 0.715. The van der Waals surface area contributed by atoms with E-state index >= 15 is 0 Å². The standard InChI is InChI=1S/C21H31N3O4S/c1-16(25)22-19-10-12-20(13-11-19)29(27,28)24-14-6-7-17(15-24)21(26)23-18-8-4-2-3-5-9-18/h10-13,17-18H,2-9,14-15H2,1H3,(H,22,25)(H,23,26). The van der Waals surface area contributed by atoms with E-state index in [9.17, 15) is 18.0 Å². The molecule has 0 aromatic heterocycles. The first-order valence-electron chi connectivity index (χ1n) is 10.5. The van der Waals surface area contributed by atoms with Crippen molar-refractivity contribution in [2.75, 3.05) is 18.4 Å². The molecule has 0 spiro atoms. The summed E-state index contributed by atoms with van der Waals surface area (Å²) in [6, 6.07) is 6.37. The highest BCUT2D eigenvalue weighted by molar-refractivity contribution is 7.89. The molecule has 8 heteroatoms. The molecule has 1 saturated carbocycles. The van der Waals surface area contributed by atoms with Gasteiger partial charge in [-0.15, -0.1) is 0 Å². The molecule has 2 N–H and O–H groups in total. The number of hydrogen-bond donors (Lipinski definition) is 2. The van der Waals surface area contributed by atoms with Gasteiger partial charge < -0.3 is 10.6 Å². The zero-order valence-electron chi connectivity index (χ0n) is 17.0. The van der Waals surface area contributed by atoms with Crippen molar-refractivity contribution in [1.29, 1.82) is 0 Å². The number of anilines is 1. The lowest BCUT2D eigenvalue weighted by molar-refractivity contribution is -0.126. The summed E-state index contributed by atoms with van der Waals surface area (Å²) >= 11 is 0. The van der Waals surface area contributed by atoms with Crippen LogP contribution in [0.4, 0.5) is 5.69 Å². The zero-order chi connectivity index (χ0) is 20.9.